The third-order valence-corrected chi connectivity index (χ3v) is 3.25. The summed E-state index contributed by atoms with van der Waals surface area (Å²) in [6.07, 6.45) is -4.58. The van der Waals surface area contributed by atoms with Crippen LogP contribution in [0.3, 0.4) is 0 Å². The first-order chi connectivity index (χ1) is 11.3. The van der Waals surface area contributed by atoms with Gasteiger partial charge in [-0.1, -0.05) is 6.58 Å². The highest BCUT2D eigenvalue weighted by Crippen LogP contribution is 2.36. The maximum absolute atomic E-state index is 12.9. The molecule has 2 aromatic rings. The molecule has 0 fully saturated rings. The van der Waals surface area contributed by atoms with Crippen molar-refractivity contribution in [1.82, 2.24) is 5.32 Å². The van der Waals surface area contributed by atoms with Crippen molar-refractivity contribution < 1.29 is 26.8 Å². The van der Waals surface area contributed by atoms with Gasteiger partial charge in [0.25, 0.3) is 5.91 Å². The third kappa shape index (κ3) is 3.40. The second kappa shape index (κ2) is 6.74. The van der Waals surface area contributed by atoms with Crippen LogP contribution in [0.4, 0.5) is 17.6 Å². The minimum Gasteiger partial charge on any atom is -0.455 e. The monoisotopic (exact) mass is 340 g/mol. The van der Waals surface area contributed by atoms with Gasteiger partial charge in [0.1, 0.15) is 18.0 Å². The minimum atomic E-state index is -4.60. The molecule has 126 valence electrons. The van der Waals surface area contributed by atoms with E-state index in [0.717, 1.165) is 18.2 Å². The molecule has 0 unspecified atom stereocenters. The predicted molar refractivity (Wildman–Crippen MR) is 78.8 cm³/mol. The summed E-state index contributed by atoms with van der Waals surface area (Å²) in [7, 11) is 0. The molecule has 1 N–H and O–H groups in total. The number of hydrogen-bond acceptors (Lipinski definition) is 3. The number of furan rings is 1. The highest BCUT2D eigenvalue weighted by Gasteiger charge is 2.32. The lowest BCUT2D eigenvalue weighted by Gasteiger charge is -2.07. The fourth-order valence-corrected chi connectivity index (χ4v) is 2.13. The lowest BCUT2D eigenvalue weighted by atomic mass is 10.0. The average molecular weight is 340 g/mol. The standard InChI is InChI=1S/C16H12F4N2O2/c1-9(8-17)14-13(15(23)22-6-2-5-21)11-7-10(16(18,19)20)3-4-12(11)24-14/h3-4,7H,1-2,6,8H2,(H,22,23). The van der Waals surface area contributed by atoms with Crippen LogP contribution in [0.15, 0.2) is 29.2 Å². The lowest BCUT2D eigenvalue weighted by molar-refractivity contribution is -0.137. The Labute approximate surface area is 134 Å². The van der Waals surface area contributed by atoms with Crippen LogP contribution in [0.2, 0.25) is 0 Å². The topological polar surface area (TPSA) is 66.0 Å². The maximum Gasteiger partial charge on any atom is 0.416 e. The van der Waals surface area contributed by atoms with Crippen LogP contribution >= 0.6 is 0 Å². The van der Waals surface area contributed by atoms with E-state index in [0.29, 0.717) is 0 Å². The normalized spacial score (nSPS) is 11.3. The number of carbonyl (C=O) groups is 1. The van der Waals surface area contributed by atoms with Gasteiger partial charge in [0.15, 0.2) is 0 Å². The molecule has 2 rings (SSSR count). The number of allylic oxidation sites excluding steroid dienone is 1. The molecule has 0 spiro atoms. The Balaban J connectivity index is 2.60. The van der Waals surface area contributed by atoms with Gasteiger partial charge in [-0.2, -0.15) is 18.4 Å². The van der Waals surface area contributed by atoms with E-state index in [-0.39, 0.29) is 40.8 Å². The van der Waals surface area contributed by atoms with Crippen LogP contribution < -0.4 is 5.32 Å². The summed E-state index contributed by atoms with van der Waals surface area (Å²) < 4.78 is 56.9. The smallest absolute Gasteiger partial charge is 0.416 e. The van der Waals surface area contributed by atoms with E-state index in [1.807, 2.05) is 6.07 Å². The number of nitrogens with one attached hydrogen (secondary N) is 1. The number of rotatable bonds is 5. The molecule has 0 aliphatic carbocycles. The van der Waals surface area contributed by atoms with Gasteiger partial charge in [0.2, 0.25) is 0 Å². The fraction of sp³-hybridized carbons (Fsp3) is 0.250. The molecule has 24 heavy (non-hydrogen) atoms. The van der Waals surface area contributed by atoms with E-state index in [9.17, 15) is 22.4 Å². The summed E-state index contributed by atoms with van der Waals surface area (Å²) in [5.74, 6) is -0.964. The molecule has 0 saturated carbocycles. The second-order valence-corrected chi connectivity index (χ2v) is 4.92. The van der Waals surface area contributed by atoms with E-state index >= 15 is 0 Å². The number of hydrogen-bond donors (Lipinski definition) is 1. The van der Waals surface area contributed by atoms with Crippen molar-refractivity contribution in [3.8, 4) is 6.07 Å². The van der Waals surface area contributed by atoms with Crippen LogP contribution in [-0.2, 0) is 6.18 Å². The van der Waals surface area contributed by atoms with E-state index < -0.39 is 24.3 Å². The molecule has 1 aromatic carbocycles. The number of nitrogens with zero attached hydrogens (tertiary/aromatic N) is 1. The molecular formula is C16H12F4N2O2. The second-order valence-electron chi connectivity index (χ2n) is 4.92. The zero-order valence-electron chi connectivity index (χ0n) is 12.3. The van der Waals surface area contributed by atoms with Gasteiger partial charge in [-0.25, -0.2) is 4.39 Å². The molecule has 0 radical (unpaired) electrons. The lowest BCUT2D eigenvalue weighted by Crippen LogP contribution is -2.25. The van der Waals surface area contributed by atoms with Crippen LogP contribution in [-0.4, -0.2) is 19.1 Å². The molecule has 1 aromatic heterocycles. The summed E-state index contributed by atoms with van der Waals surface area (Å²) >= 11 is 0. The number of amides is 1. The number of carbonyl (C=O) groups excluding carboxylic acids is 1. The molecule has 1 heterocycles. The van der Waals surface area contributed by atoms with E-state index in [1.54, 1.807) is 0 Å². The summed E-state index contributed by atoms with van der Waals surface area (Å²) in [5.41, 5.74) is -1.33. The predicted octanol–water partition coefficient (Wildman–Crippen LogP) is 4.08. The number of benzene rings is 1. The van der Waals surface area contributed by atoms with E-state index in [4.69, 9.17) is 9.68 Å². The minimum absolute atomic E-state index is 0.00249. The molecule has 0 bridgehead atoms. The Hall–Kier alpha value is -2.82. The molecule has 0 saturated heterocycles. The first-order valence-corrected chi connectivity index (χ1v) is 6.82. The van der Waals surface area contributed by atoms with Gasteiger partial charge in [-0.3, -0.25) is 4.79 Å². The van der Waals surface area contributed by atoms with Crippen LogP contribution in [0, 0.1) is 11.3 Å². The largest absolute Gasteiger partial charge is 0.455 e. The zero-order valence-corrected chi connectivity index (χ0v) is 12.3. The van der Waals surface area contributed by atoms with Crippen molar-refractivity contribution in [2.75, 3.05) is 13.2 Å². The van der Waals surface area contributed by atoms with Crippen LogP contribution in [0.1, 0.15) is 28.1 Å². The first kappa shape index (κ1) is 17.5. The van der Waals surface area contributed by atoms with Gasteiger partial charge in [0.05, 0.1) is 23.6 Å². The van der Waals surface area contributed by atoms with Crippen molar-refractivity contribution in [3.05, 3.63) is 41.7 Å². The summed E-state index contributed by atoms with van der Waals surface area (Å²) in [6.45, 7) is 2.41. The van der Waals surface area contributed by atoms with Crippen molar-refractivity contribution in [2.24, 2.45) is 0 Å². The highest BCUT2D eigenvalue weighted by atomic mass is 19.4. The van der Waals surface area contributed by atoms with Gasteiger partial charge in [-0.15, -0.1) is 0 Å². The number of alkyl halides is 4. The molecule has 0 aliphatic heterocycles. The molecule has 0 aliphatic rings. The van der Waals surface area contributed by atoms with Gasteiger partial charge in [-0.05, 0) is 18.2 Å². The SMILES string of the molecule is C=C(CF)c1oc2ccc(C(F)(F)F)cc2c1C(=O)NCCC#N. The fourth-order valence-electron chi connectivity index (χ4n) is 2.13. The molecule has 0 atom stereocenters. The Bertz CT molecular complexity index is 831. The van der Waals surface area contributed by atoms with Crippen LogP contribution in [0.5, 0.6) is 0 Å². The van der Waals surface area contributed by atoms with Crippen LogP contribution in [0.25, 0.3) is 16.5 Å². The van der Waals surface area contributed by atoms with Crippen molar-refractivity contribution in [2.45, 2.75) is 12.6 Å². The van der Waals surface area contributed by atoms with Gasteiger partial charge in [0, 0.05) is 17.5 Å². The molecule has 8 heteroatoms. The zero-order chi connectivity index (χ0) is 17.9. The van der Waals surface area contributed by atoms with Gasteiger partial charge >= 0.3 is 6.18 Å². The van der Waals surface area contributed by atoms with Crippen molar-refractivity contribution in [3.63, 3.8) is 0 Å². The highest BCUT2D eigenvalue weighted by molar-refractivity contribution is 6.09. The first-order valence-electron chi connectivity index (χ1n) is 6.82. The van der Waals surface area contributed by atoms with Crippen molar-refractivity contribution in [1.29, 1.82) is 5.26 Å². The van der Waals surface area contributed by atoms with E-state index in [1.165, 1.54) is 0 Å². The van der Waals surface area contributed by atoms with E-state index in [2.05, 4.69) is 11.9 Å². The Morgan fingerprint density at radius 2 is 2.08 bits per heavy atom. The summed E-state index contributed by atoms with van der Waals surface area (Å²) in [4.78, 5) is 12.3. The number of halogens is 4. The average Bonchev–Trinajstić information content (AvgIpc) is 2.92. The number of nitriles is 1. The number of fused-ring (bicyclic) bond motifs is 1. The summed E-state index contributed by atoms with van der Waals surface area (Å²) in [5, 5.41) is 10.8. The Morgan fingerprint density at radius 1 is 1.38 bits per heavy atom. The quantitative estimate of drug-likeness (QED) is 0.659. The summed E-state index contributed by atoms with van der Waals surface area (Å²) in [6, 6.07) is 4.47. The maximum atomic E-state index is 12.9. The molecule has 1 amide bonds. The Kier molecular flexibility index (Phi) is 4.93. The molecular weight excluding hydrogens is 328 g/mol. The third-order valence-electron chi connectivity index (χ3n) is 3.25. The molecule has 4 nitrogen and oxygen atoms in total. The van der Waals surface area contributed by atoms with Gasteiger partial charge < -0.3 is 9.73 Å². The van der Waals surface area contributed by atoms with Crippen molar-refractivity contribution >= 4 is 22.4 Å². The Morgan fingerprint density at radius 3 is 2.67 bits per heavy atom.